The van der Waals surface area contributed by atoms with Crippen molar-refractivity contribution in [3.8, 4) is 0 Å². The van der Waals surface area contributed by atoms with Crippen molar-refractivity contribution in [3.63, 3.8) is 0 Å². The summed E-state index contributed by atoms with van der Waals surface area (Å²) >= 11 is 0. The molecule has 1 amide bonds. The van der Waals surface area contributed by atoms with Crippen molar-refractivity contribution >= 4 is 11.6 Å². The van der Waals surface area contributed by atoms with Gasteiger partial charge in [0, 0.05) is 30.4 Å². The Labute approximate surface area is 127 Å². The van der Waals surface area contributed by atoms with E-state index in [1.165, 1.54) is 19.4 Å². The summed E-state index contributed by atoms with van der Waals surface area (Å²) < 4.78 is 0. The molecular weight excluding hydrogens is 262 g/mol. The summed E-state index contributed by atoms with van der Waals surface area (Å²) in [7, 11) is 0. The first kappa shape index (κ1) is 15.8. The van der Waals surface area contributed by atoms with Gasteiger partial charge in [0.1, 0.15) is 0 Å². The molecule has 1 aromatic carbocycles. The summed E-state index contributed by atoms with van der Waals surface area (Å²) in [6, 6.07) is 5.76. The van der Waals surface area contributed by atoms with Crippen molar-refractivity contribution in [2.45, 2.75) is 45.6 Å². The number of benzene rings is 1. The molecule has 0 aliphatic carbocycles. The first-order valence-electron chi connectivity index (χ1n) is 7.99. The van der Waals surface area contributed by atoms with E-state index in [4.69, 9.17) is 5.73 Å². The SMILES string of the molecule is CCCCN1CCC(NC(=O)c2ccc(N)c(C)c2)CC1. The molecule has 1 fully saturated rings. The number of nitrogens with two attached hydrogens (primary N) is 1. The summed E-state index contributed by atoms with van der Waals surface area (Å²) in [4.78, 5) is 14.8. The summed E-state index contributed by atoms with van der Waals surface area (Å²) in [5, 5.41) is 3.15. The Morgan fingerprint density at radius 3 is 2.71 bits per heavy atom. The fourth-order valence-corrected chi connectivity index (χ4v) is 2.77. The van der Waals surface area contributed by atoms with Crippen LogP contribution in [0.15, 0.2) is 18.2 Å². The minimum Gasteiger partial charge on any atom is -0.399 e. The van der Waals surface area contributed by atoms with Crippen molar-refractivity contribution in [1.29, 1.82) is 0 Å². The third kappa shape index (κ3) is 4.46. The number of amides is 1. The number of piperidine rings is 1. The third-order valence-electron chi connectivity index (χ3n) is 4.28. The largest absolute Gasteiger partial charge is 0.399 e. The average molecular weight is 289 g/mol. The van der Waals surface area contributed by atoms with Gasteiger partial charge in [-0.2, -0.15) is 0 Å². The van der Waals surface area contributed by atoms with Gasteiger partial charge in [-0.15, -0.1) is 0 Å². The fraction of sp³-hybridized carbons (Fsp3) is 0.588. The zero-order valence-corrected chi connectivity index (χ0v) is 13.2. The van der Waals surface area contributed by atoms with Gasteiger partial charge in [-0.3, -0.25) is 4.79 Å². The molecule has 1 aliphatic rings. The first-order valence-corrected chi connectivity index (χ1v) is 7.99. The number of aryl methyl sites for hydroxylation is 1. The quantitative estimate of drug-likeness (QED) is 0.819. The van der Waals surface area contributed by atoms with Crippen molar-refractivity contribution in [1.82, 2.24) is 10.2 Å². The van der Waals surface area contributed by atoms with Crippen LogP contribution >= 0.6 is 0 Å². The maximum absolute atomic E-state index is 12.3. The van der Waals surface area contributed by atoms with E-state index < -0.39 is 0 Å². The summed E-state index contributed by atoms with van der Waals surface area (Å²) in [6.45, 7) is 7.52. The highest BCUT2D eigenvalue weighted by atomic mass is 16.1. The molecule has 116 valence electrons. The van der Waals surface area contributed by atoms with Crippen LogP contribution in [-0.2, 0) is 0 Å². The average Bonchev–Trinajstić information content (AvgIpc) is 2.49. The van der Waals surface area contributed by atoms with Gasteiger partial charge in [0.25, 0.3) is 5.91 Å². The standard InChI is InChI=1S/C17H27N3O/c1-3-4-9-20-10-7-15(8-11-20)19-17(21)14-5-6-16(18)13(2)12-14/h5-6,12,15H,3-4,7-11,18H2,1-2H3,(H,19,21). The van der Waals surface area contributed by atoms with E-state index in [2.05, 4.69) is 17.1 Å². The number of hydrogen-bond donors (Lipinski definition) is 2. The molecule has 0 bridgehead atoms. The Morgan fingerprint density at radius 2 is 2.10 bits per heavy atom. The lowest BCUT2D eigenvalue weighted by molar-refractivity contribution is 0.0910. The van der Waals surface area contributed by atoms with Crippen LogP contribution in [0, 0.1) is 6.92 Å². The van der Waals surface area contributed by atoms with Gasteiger partial charge in [-0.1, -0.05) is 13.3 Å². The van der Waals surface area contributed by atoms with Gasteiger partial charge in [0.05, 0.1) is 0 Å². The van der Waals surface area contributed by atoms with Crippen molar-refractivity contribution in [2.24, 2.45) is 0 Å². The van der Waals surface area contributed by atoms with E-state index >= 15 is 0 Å². The van der Waals surface area contributed by atoms with Gasteiger partial charge in [-0.05, 0) is 56.5 Å². The molecule has 4 heteroatoms. The molecule has 1 saturated heterocycles. The highest BCUT2D eigenvalue weighted by molar-refractivity contribution is 5.95. The number of hydrogen-bond acceptors (Lipinski definition) is 3. The second-order valence-corrected chi connectivity index (χ2v) is 6.01. The molecule has 0 aromatic heterocycles. The van der Waals surface area contributed by atoms with Crippen LogP contribution in [0.3, 0.4) is 0 Å². The van der Waals surface area contributed by atoms with Crippen molar-refractivity contribution < 1.29 is 4.79 Å². The van der Waals surface area contributed by atoms with Crippen LogP contribution < -0.4 is 11.1 Å². The van der Waals surface area contributed by atoms with E-state index in [1.54, 1.807) is 12.1 Å². The van der Waals surface area contributed by atoms with Crippen LogP contribution in [0.25, 0.3) is 0 Å². The highest BCUT2D eigenvalue weighted by Gasteiger charge is 2.20. The van der Waals surface area contributed by atoms with Gasteiger partial charge >= 0.3 is 0 Å². The minimum absolute atomic E-state index is 0.0186. The smallest absolute Gasteiger partial charge is 0.251 e. The topological polar surface area (TPSA) is 58.4 Å². The summed E-state index contributed by atoms with van der Waals surface area (Å²) in [6.07, 6.45) is 4.60. The van der Waals surface area contributed by atoms with Crippen LogP contribution in [0.1, 0.15) is 48.5 Å². The van der Waals surface area contributed by atoms with Gasteiger partial charge in [-0.25, -0.2) is 0 Å². The molecule has 0 unspecified atom stereocenters. The number of rotatable bonds is 5. The molecular formula is C17H27N3O. The third-order valence-corrected chi connectivity index (χ3v) is 4.28. The van der Waals surface area contributed by atoms with E-state index in [9.17, 15) is 4.79 Å². The lowest BCUT2D eigenvalue weighted by atomic mass is 10.0. The number of anilines is 1. The maximum atomic E-state index is 12.3. The number of carbonyl (C=O) groups is 1. The van der Waals surface area contributed by atoms with Gasteiger partial charge < -0.3 is 16.0 Å². The number of nitrogens with zero attached hydrogens (tertiary/aromatic N) is 1. The number of likely N-dealkylation sites (tertiary alicyclic amines) is 1. The van der Waals surface area contributed by atoms with E-state index in [0.29, 0.717) is 11.6 Å². The fourth-order valence-electron chi connectivity index (χ4n) is 2.77. The van der Waals surface area contributed by atoms with Gasteiger partial charge in [0.15, 0.2) is 0 Å². The van der Waals surface area contributed by atoms with Crippen LogP contribution in [0.2, 0.25) is 0 Å². The van der Waals surface area contributed by atoms with Crippen LogP contribution in [0.5, 0.6) is 0 Å². The van der Waals surface area contributed by atoms with E-state index in [-0.39, 0.29) is 5.91 Å². The second-order valence-electron chi connectivity index (χ2n) is 6.01. The molecule has 0 radical (unpaired) electrons. The summed E-state index contributed by atoms with van der Waals surface area (Å²) in [5.41, 5.74) is 8.18. The van der Waals surface area contributed by atoms with E-state index in [1.807, 2.05) is 13.0 Å². The predicted molar refractivity (Wildman–Crippen MR) is 87.4 cm³/mol. The molecule has 3 N–H and O–H groups in total. The van der Waals surface area contributed by atoms with Crippen molar-refractivity contribution in [3.05, 3.63) is 29.3 Å². The zero-order chi connectivity index (χ0) is 15.2. The Balaban J connectivity index is 1.82. The molecule has 1 aromatic rings. The Morgan fingerprint density at radius 1 is 1.38 bits per heavy atom. The number of carbonyl (C=O) groups excluding carboxylic acids is 1. The zero-order valence-electron chi connectivity index (χ0n) is 13.2. The molecule has 1 aliphatic heterocycles. The first-order chi connectivity index (χ1) is 10.1. The lowest BCUT2D eigenvalue weighted by Gasteiger charge is -2.32. The Hall–Kier alpha value is -1.55. The lowest BCUT2D eigenvalue weighted by Crippen LogP contribution is -2.44. The summed E-state index contributed by atoms with van der Waals surface area (Å²) in [5.74, 6) is 0.0186. The number of nitrogens with one attached hydrogen (secondary N) is 1. The Bertz CT molecular complexity index is 479. The molecule has 0 saturated carbocycles. The Kier molecular flexibility index (Phi) is 5.62. The monoisotopic (exact) mass is 289 g/mol. The van der Waals surface area contributed by atoms with Crippen molar-refractivity contribution in [2.75, 3.05) is 25.4 Å². The molecule has 2 rings (SSSR count). The maximum Gasteiger partial charge on any atom is 0.251 e. The second kappa shape index (κ2) is 7.46. The molecule has 1 heterocycles. The molecule has 0 spiro atoms. The molecule has 21 heavy (non-hydrogen) atoms. The van der Waals surface area contributed by atoms with E-state index in [0.717, 1.165) is 37.2 Å². The number of unbranched alkanes of at least 4 members (excludes halogenated alkanes) is 1. The predicted octanol–water partition coefficient (Wildman–Crippen LogP) is 2.57. The molecule has 4 nitrogen and oxygen atoms in total. The molecule has 0 atom stereocenters. The van der Waals surface area contributed by atoms with Crippen LogP contribution in [0.4, 0.5) is 5.69 Å². The van der Waals surface area contributed by atoms with Crippen LogP contribution in [-0.4, -0.2) is 36.5 Å². The highest BCUT2D eigenvalue weighted by Crippen LogP contribution is 2.15. The number of nitrogen functional groups attached to an aromatic ring is 1. The van der Waals surface area contributed by atoms with Gasteiger partial charge in [0.2, 0.25) is 0 Å². The normalized spacial score (nSPS) is 16.9. The minimum atomic E-state index is 0.0186.